The molecule has 2 heterocycles. The molecule has 0 amide bonds. The molecule has 168 valence electrons. The number of aliphatic hydroxyl groups excluding tert-OH is 1. The number of aromatic nitrogens is 4. The first-order chi connectivity index (χ1) is 15.4. The van der Waals surface area contributed by atoms with Crippen LogP contribution in [0.25, 0.3) is 27.7 Å². The number of hydrogen-bond donors (Lipinski definition) is 2. The van der Waals surface area contributed by atoms with Crippen molar-refractivity contribution in [1.29, 1.82) is 0 Å². The van der Waals surface area contributed by atoms with E-state index in [2.05, 4.69) is 14.9 Å². The molecule has 0 fully saturated rings. The van der Waals surface area contributed by atoms with Gasteiger partial charge in [-0.15, -0.1) is 10.2 Å². The van der Waals surface area contributed by atoms with Gasteiger partial charge in [0.25, 0.3) is 0 Å². The number of aryl methyl sites for hydroxylation is 1. The Morgan fingerprint density at radius 3 is 2.59 bits per heavy atom. The molecule has 0 radical (unpaired) electrons. The van der Waals surface area contributed by atoms with Crippen molar-refractivity contribution in [2.24, 2.45) is 0 Å². The minimum absolute atomic E-state index is 0.168. The summed E-state index contributed by atoms with van der Waals surface area (Å²) >= 11 is 1.63. The molecule has 32 heavy (non-hydrogen) atoms. The zero-order valence-electron chi connectivity index (χ0n) is 18.1. The van der Waals surface area contributed by atoms with Crippen molar-refractivity contribution in [3.05, 3.63) is 53.9 Å². The van der Waals surface area contributed by atoms with E-state index in [1.807, 2.05) is 43.5 Å². The van der Waals surface area contributed by atoms with E-state index in [1.54, 1.807) is 35.3 Å². The van der Waals surface area contributed by atoms with Gasteiger partial charge < -0.3 is 5.11 Å². The molecule has 1 atom stereocenters. The summed E-state index contributed by atoms with van der Waals surface area (Å²) in [5.41, 5.74) is 2.62. The zero-order valence-corrected chi connectivity index (χ0v) is 19.7. The van der Waals surface area contributed by atoms with Gasteiger partial charge in [0.05, 0.1) is 22.9 Å². The van der Waals surface area contributed by atoms with Crippen LogP contribution in [0.15, 0.2) is 47.4 Å². The lowest BCUT2D eigenvalue weighted by molar-refractivity contribution is 0.254. The SMILES string of the molecule is CC[C@H](CO)NS(=O)(=O)c1cc(-c2nn3c(CSC)nnc3c3ccccc23)ccc1C. The van der Waals surface area contributed by atoms with Gasteiger partial charge in [-0.05, 0) is 31.2 Å². The molecular weight excluding hydrogens is 446 g/mol. The normalized spacial score (nSPS) is 13.1. The van der Waals surface area contributed by atoms with Crippen molar-refractivity contribution in [3.63, 3.8) is 0 Å². The van der Waals surface area contributed by atoms with E-state index in [0.717, 1.165) is 16.6 Å². The average Bonchev–Trinajstić information content (AvgIpc) is 3.20. The predicted octanol–water partition coefficient (Wildman–Crippen LogP) is 3.17. The molecule has 0 aliphatic rings. The third-order valence-corrected chi connectivity index (χ3v) is 7.60. The third kappa shape index (κ3) is 4.11. The Hall–Kier alpha value is -2.53. The third-order valence-electron chi connectivity index (χ3n) is 5.39. The van der Waals surface area contributed by atoms with Gasteiger partial charge in [0.1, 0.15) is 0 Å². The number of nitrogens with zero attached hydrogens (tertiary/aromatic N) is 4. The van der Waals surface area contributed by atoms with Crippen molar-refractivity contribution in [3.8, 4) is 11.3 Å². The number of hydrogen-bond acceptors (Lipinski definition) is 7. The number of sulfonamides is 1. The fraction of sp³-hybridized carbons (Fsp3) is 0.318. The van der Waals surface area contributed by atoms with Crippen molar-refractivity contribution < 1.29 is 13.5 Å². The highest BCUT2D eigenvalue weighted by molar-refractivity contribution is 7.97. The molecule has 2 aromatic heterocycles. The van der Waals surface area contributed by atoms with Crippen LogP contribution in [0.5, 0.6) is 0 Å². The summed E-state index contributed by atoms with van der Waals surface area (Å²) in [7, 11) is -3.82. The molecule has 0 bridgehead atoms. The zero-order chi connectivity index (χ0) is 22.9. The number of nitrogens with one attached hydrogen (secondary N) is 1. The molecule has 4 aromatic rings. The molecule has 0 aliphatic carbocycles. The second-order valence-corrected chi connectivity index (χ2v) is 10.1. The van der Waals surface area contributed by atoms with E-state index in [9.17, 15) is 13.5 Å². The van der Waals surface area contributed by atoms with Crippen molar-refractivity contribution >= 4 is 38.2 Å². The highest BCUT2D eigenvalue weighted by Crippen LogP contribution is 2.31. The summed E-state index contributed by atoms with van der Waals surface area (Å²) in [6.07, 6.45) is 2.48. The second kappa shape index (κ2) is 9.14. The highest BCUT2D eigenvalue weighted by atomic mass is 32.2. The van der Waals surface area contributed by atoms with Gasteiger partial charge in [-0.25, -0.2) is 13.1 Å². The smallest absolute Gasteiger partial charge is 0.241 e. The lowest BCUT2D eigenvalue weighted by Gasteiger charge is -2.17. The van der Waals surface area contributed by atoms with E-state index < -0.39 is 16.1 Å². The molecule has 0 saturated heterocycles. The van der Waals surface area contributed by atoms with Crippen molar-refractivity contribution in [2.75, 3.05) is 12.9 Å². The number of benzene rings is 2. The van der Waals surface area contributed by atoms with Crippen LogP contribution in [0.2, 0.25) is 0 Å². The number of thioether (sulfide) groups is 1. The molecule has 2 N–H and O–H groups in total. The Kier molecular flexibility index (Phi) is 6.47. The summed E-state index contributed by atoms with van der Waals surface area (Å²) in [5, 5.41) is 24.7. The Labute approximate surface area is 191 Å². The van der Waals surface area contributed by atoms with Crippen LogP contribution in [0.4, 0.5) is 0 Å². The van der Waals surface area contributed by atoms with Crippen LogP contribution in [0.1, 0.15) is 24.7 Å². The predicted molar refractivity (Wildman–Crippen MR) is 127 cm³/mol. The Bertz CT molecular complexity index is 1380. The first-order valence-corrected chi connectivity index (χ1v) is 13.1. The van der Waals surface area contributed by atoms with E-state index in [-0.39, 0.29) is 11.5 Å². The molecule has 2 aromatic carbocycles. The summed E-state index contributed by atoms with van der Waals surface area (Å²) in [4.78, 5) is 0.168. The Morgan fingerprint density at radius 2 is 1.91 bits per heavy atom. The topological polar surface area (TPSA) is 109 Å². The van der Waals surface area contributed by atoms with Crippen LogP contribution in [0.3, 0.4) is 0 Å². The molecule has 8 nitrogen and oxygen atoms in total. The van der Waals surface area contributed by atoms with Gasteiger partial charge in [-0.3, -0.25) is 0 Å². The average molecular weight is 472 g/mol. The van der Waals surface area contributed by atoms with Crippen LogP contribution in [-0.4, -0.2) is 52.2 Å². The quantitative estimate of drug-likeness (QED) is 0.406. The maximum atomic E-state index is 13.1. The summed E-state index contributed by atoms with van der Waals surface area (Å²) in [6, 6.07) is 12.5. The summed E-state index contributed by atoms with van der Waals surface area (Å²) in [6.45, 7) is 3.32. The second-order valence-electron chi connectivity index (χ2n) is 7.57. The van der Waals surface area contributed by atoms with Gasteiger partial charge >= 0.3 is 0 Å². The number of fused-ring (bicyclic) bond motifs is 3. The molecule has 0 spiro atoms. The maximum Gasteiger partial charge on any atom is 0.241 e. The minimum atomic E-state index is -3.82. The van der Waals surface area contributed by atoms with Crippen LogP contribution >= 0.6 is 11.8 Å². The van der Waals surface area contributed by atoms with Crippen LogP contribution in [0, 0.1) is 6.92 Å². The lowest BCUT2D eigenvalue weighted by atomic mass is 10.0. The van der Waals surface area contributed by atoms with Crippen molar-refractivity contribution in [1.82, 2.24) is 24.5 Å². The number of aliphatic hydroxyl groups is 1. The first-order valence-electron chi connectivity index (χ1n) is 10.3. The molecule has 0 aliphatic heterocycles. The summed E-state index contributed by atoms with van der Waals surface area (Å²) in [5.74, 6) is 1.39. The standard InChI is InChI=1S/C22H25N5O3S2/c1-4-16(12-28)26-32(29,30)19-11-15(10-9-14(19)2)21-17-7-5-6-8-18(17)22-24-23-20(13-31-3)27(22)25-21/h5-11,16,26,28H,4,12-13H2,1-3H3/t16-/m1/s1. The van der Waals surface area contributed by atoms with Gasteiger partial charge in [0, 0.05) is 22.4 Å². The number of rotatable bonds is 8. The monoisotopic (exact) mass is 471 g/mol. The molecule has 0 unspecified atom stereocenters. The minimum Gasteiger partial charge on any atom is -0.395 e. The van der Waals surface area contributed by atoms with Gasteiger partial charge in [-0.2, -0.15) is 21.4 Å². The molecule has 0 saturated carbocycles. The van der Waals surface area contributed by atoms with Gasteiger partial charge in [-0.1, -0.05) is 43.3 Å². The van der Waals surface area contributed by atoms with Gasteiger partial charge in [0.2, 0.25) is 10.0 Å². The van der Waals surface area contributed by atoms with E-state index in [4.69, 9.17) is 5.10 Å². The van der Waals surface area contributed by atoms with E-state index in [1.165, 1.54) is 0 Å². The lowest BCUT2D eigenvalue weighted by Crippen LogP contribution is -2.37. The summed E-state index contributed by atoms with van der Waals surface area (Å²) < 4.78 is 30.5. The fourth-order valence-electron chi connectivity index (χ4n) is 3.63. The first kappa shape index (κ1) is 22.7. The van der Waals surface area contributed by atoms with Crippen LogP contribution < -0.4 is 4.72 Å². The van der Waals surface area contributed by atoms with Crippen molar-refractivity contribution in [2.45, 2.75) is 37.0 Å². The maximum absolute atomic E-state index is 13.1. The molecule has 4 rings (SSSR count). The Morgan fingerprint density at radius 1 is 1.16 bits per heavy atom. The largest absolute Gasteiger partial charge is 0.395 e. The van der Waals surface area contributed by atoms with Crippen LogP contribution in [-0.2, 0) is 15.8 Å². The molecular formula is C22H25N5O3S2. The van der Waals surface area contributed by atoms with E-state index in [0.29, 0.717) is 34.6 Å². The fourth-order valence-corrected chi connectivity index (χ4v) is 5.64. The highest BCUT2D eigenvalue weighted by Gasteiger charge is 2.22. The Balaban J connectivity index is 1.93. The van der Waals surface area contributed by atoms with Gasteiger partial charge in [0.15, 0.2) is 11.5 Å². The molecule has 10 heteroatoms. The van der Waals surface area contributed by atoms with E-state index >= 15 is 0 Å².